The van der Waals surface area contributed by atoms with E-state index < -0.39 is 64.7 Å². The maximum Gasteiger partial charge on any atom is 0.315 e. The Bertz CT molecular complexity index is 1840. The van der Waals surface area contributed by atoms with Crippen LogP contribution in [0, 0.1) is 12.3 Å². The van der Waals surface area contributed by atoms with Gasteiger partial charge in [0.1, 0.15) is 28.6 Å². The second kappa shape index (κ2) is 15.2. The van der Waals surface area contributed by atoms with Crippen LogP contribution in [0.5, 0.6) is 5.88 Å². The second-order valence-electron chi connectivity index (χ2n) is 15.9. The van der Waals surface area contributed by atoms with E-state index in [-0.39, 0.29) is 25.4 Å². The van der Waals surface area contributed by atoms with Crippen molar-refractivity contribution < 1.29 is 28.7 Å². The third kappa shape index (κ3) is 9.24. The first-order valence-electron chi connectivity index (χ1n) is 17.8. The number of ether oxygens (including phenoxy) is 1. The molecule has 0 aromatic carbocycles. The normalized spacial score (nSPS) is 18.8. The monoisotopic (exact) mass is 737 g/mol. The van der Waals surface area contributed by atoms with Crippen LogP contribution in [0.3, 0.4) is 0 Å². The predicted molar refractivity (Wildman–Crippen MR) is 197 cm³/mol. The van der Waals surface area contributed by atoms with Gasteiger partial charge in [0.05, 0.1) is 23.8 Å². The number of ketones is 1. The smallest absolute Gasteiger partial charge is 0.315 e. The molecule has 3 aromatic rings. The van der Waals surface area contributed by atoms with Gasteiger partial charge in [0.25, 0.3) is 5.91 Å². The van der Waals surface area contributed by atoms with Gasteiger partial charge >= 0.3 is 6.03 Å². The van der Waals surface area contributed by atoms with Crippen molar-refractivity contribution in [2.45, 2.75) is 123 Å². The third-order valence-corrected chi connectivity index (χ3v) is 9.75. The molecule has 1 saturated carbocycles. The van der Waals surface area contributed by atoms with E-state index in [4.69, 9.17) is 14.7 Å². The fourth-order valence-electron chi connectivity index (χ4n) is 6.17. The van der Waals surface area contributed by atoms with Crippen molar-refractivity contribution in [2.24, 2.45) is 12.5 Å². The highest BCUT2D eigenvalue weighted by Gasteiger charge is 2.47. The van der Waals surface area contributed by atoms with Crippen LogP contribution in [0.25, 0.3) is 21.7 Å². The van der Waals surface area contributed by atoms with Gasteiger partial charge in [0.2, 0.25) is 23.5 Å². The molecular weight excluding hydrogens is 687 g/mol. The number of amides is 5. The number of fused-ring (bicyclic) bond motifs is 1. The number of nitrogens with one attached hydrogen (secondary N) is 4. The van der Waals surface area contributed by atoms with Gasteiger partial charge in [-0.3, -0.25) is 23.9 Å². The van der Waals surface area contributed by atoms with Crippen LogP contribution in [-0.2, 0) is 26.2 Å². The van der Waals surface area contributed by atoms with Crippen molar-refractivity contribution in [1.82, 2.24) is 45.9 Å². The Hall–Kier alpha value is -4.60. The summed E-state index contributed by atoms with van der Waals surface area (Å²) < 4.78 is 8.94. The zero-order valence-electron chi connectivity index (χ0n) is 31.5. The molecule has 2 aliphatic rings. The lowest BCUT2D eigenvalue weighted by molar-refractivity contribution is -0.144. The van der Waals surface area contributed by atoms with E-state index in [1.165, 1.54) is 16.2 Å². The van der Waals surface area contributed by atoms with Crippen LogP contribution in [-0.4, -0.2) is 96.5 Å². The van der Waals surface area contributed by atoms with Crippen molar-refractivity contribution in [3.8, 4) is 17.4 Å². The summed E-state index contributed by atoms with van der Waals surface area (Å²) in [7, 11) is 1.81. The van der Waals surface area contributed by atoms with Gasteiger partial charge < -0.3 is 30.9 Å². The quantitative estimate of drug-likeness (QED) is 0.202. The first-order valence-corrected chi connectivity index (χ1v) is 18.7. The van der Waals surface area contributed by atoms with Crippen LogP contribution < -0.4 is 26.0 Å². The zero-order valence-corrected chi connectivity index (χ0v) is 32.3. The first kappa shape index (κ1) is 38.6. The van der Waals surface area contributed by atoms with Crippen molar-refractivity contribution in [3.63, 3.8) is 0 Å². The van der Waals surface area contributed by atoms with E-state index in [9.17, 15) is 24.0 Å². The number of Topliss-reactive ketones (excluding diaryl/α,β-unsaturated/α-hetero) is 1. The summed E-state index contributed by atoms with van der Waals surface area (Å²) in [5.74, 6) is -1.81. The summed E-state index contributed by atoms with van der Waals surface area (Å²) in [6, 6.07) is 0.0307. The number of carbonyl (C=O) groups is 5. The molecule has 4 N–H and O–H groups in total. The van der Waals surface area contributed by atoms with Crippen molar-refractivity contribution in [1.29, 1.82) is 0 Å². The molecule has 5 amide bonds. The summed E-state index contributed by atoms with van der Waals surface area (Å²) in [5.41, 5.74) is 0.863. The molecule has 16 heteroatoms. The number of aryl methyl sites for hydroxylation is 2. The van der Waals surface area contributed by atoms with Crippen LogP contribution >= 0.6 is 11.3 Å². The molecule has 4 atom stereocenters. The maximum atomic E-state index is 14.5. The van der Waals surface area contributed by atoms with E-state index in [0.717, 1.165) is 18.5 Å². The third-order valence-electron chi connectivity index (χ3n) is 8.85. The molecule has 1 saturated heterocycles. The Kier molecular flexibility index (Phi) is 11.3. The van der Waals surface area contributed by atoms with Gasteiger partial charge in [-0.1, -0.05) is 34.1 Å². The molecule has 0 radical (unpaired) electrons. The minimum absolute atomic E-state index is 0.00233. The second-order valence-corrected chi connectivity index (χ2v) is 16.8. The Labute approximate surface area is 308 Å². The number of urea groups is 1. The van der Waals surface area contributed by atoms with Gasteiger partial charge in [-0.25, -0.2) is 9.78 Å². The largest absolute Gasteiger partial charge is 0.471 e. The molecule has 0 bridgehead atoms. The molecule has 0 spiro atoms. The van der Waals surface area contributed by atoms with Crippen molar-refractivity contribution in [2.75, 3.05) is 6.54 Å². The van der Waals surface area contributed by atoms with Gasteiger partial charge in [0.15, 0.2) is 5.82 Å². The summed E-state index contributed by atoms with van der Waals surface area (Å²) >= 11 is 1.41. The highest BCUT2D eigenvalue weighted by molar-refractivity contribution is 7.17. The summed E-state index contributed by atoms with van der Waals surface area (Å²) in [6.45, 7) is 14.7. The molecule has 15 nitrogen and oxygen atoms in total. The first-order chi connectivity index (χ1) is 24.3. The fourth-order valence-corrected chi connectivity index (χ4v) is 6.94. The van der Waals surface area contributed by atoms with Gasteiger partial charge in [-0.15, -0.1) is 11.3 Å². The Balaban J connectivity index is 1.46. The SMILES string of the molecule is CCCC(NC(=O)[C@@H]1C[C@@H](Oc2nc(-c3cc(C)nn3C)nc3ccsc23)CN1C(=O)C(NC(=O)NC(C)(C)C)C(C)(C)C)C(=O)C(=O)NC1CC1. The van der Waals surface area contributed by atoms with E-state index in [0.29, 0.717) is 34.0 Å². The number of nitrogens with zero attached hydrogens (tertiary/aromatic N) is 5. The highest BCUT2D eigenvalue weighted by atomic mass is 32.1. The number of thiophene rings is 1. The highest BCUT2D eigenvalue weighted by Crippen LogP contribution is 2.34. The minimum Gasteiger partial charge on any atom is -0.471 e. The number of hydrogen-bond acceptors (Lipinski definition) is 10. The fraction of sp³-hybridized carbons (Fsp3) is 0.611. The number of likely N-dealkylation sites (tertiary alicyclic amines) is 1. The number of carbonyl (C=O) groups excluding carboxylic acids is 5. The van der Waals surface area contributed by atoms with Gasteiger partial charge in [-0.05, 0) is 69.9 Å². The van der Waals surface area contributed by atoms with E-state index >= 15 is 0 Å². The van der Waals surface area contributed by atoms with Gasteiger partial charge in [0, 0.05) is 25.0 Å². The molecule has 3 aromatic heterocycles. The summed E-state index contributed by atoms with van der Waals surface area (Å²) in [5, 5.41) is 17.5. The maximum absolute atomic E-state index is 14.5. The lowest BCUT2D eigenvalue weighted by Gasteiger charge is -2.36. The average molecular weight is 738 g/mol. The van der Waals surface area contributed by atoms with Crippen molar-refractivity contribution in [3.05, 3.63) is 23.2 Å². The Morgan fingerprint density at radius 3 is 2.37 bits per heavy atom. The van der Waals surface area contributed by atoms with E-state index in [2.05, 4.69) is 26.4 Å². The summed E-state index contributed by atoms with van der Waals surface area (Å²) in [6.07, 6.45) is 1.79. The number of hydrogen-bond donors (Lipinski definition) is 4. The zero-order chi connectivity index (χ0) is 38.1. The Morgan fingerprint density at radius 1 is 1.06 bits per heavy atom. The van der Waals surface area contributed by atoms with Crippen LogP contribution in [0.1, 0.15) is 86.3 Å². The molecule has 282 valence electrons. The topological polar surface area (TPSA) is 190 Å². The Morgan fingerprint density at radius 2 is 1.77 bits per heavy atom. The molecular formula is C36H51N9O6S. The predicted octanol–water partition coefficient (Wildman–Crippen LogP) is 3.39. The van der Waals surface area contributed by atoms with Crippen LogP contribution in [0.15, 0.2) is 17.5 Å². The van der Waals surface area contributed by atoms with E-state index in [1.807, 2.05) is 72.9 Å². The molecule has 1 aliphatic carbocycles. The van der Waals surface area contributed by atoms with Crippen LogP contribution in [0.2, 0.25) is 0 Å². The average Bonchev–Trinajstić information content (AvgIpc) is 3.38. The molecule has 1 aliphatic heterocycles. The molecule has 52 heavy (non-hydrogen) atoms. The minimum atomic E-state index is -1.08. The number of rotatable bonds is 12. The lowest BCUT2D eigenvalue weighted by atomic mass is 9.85. The number of aromatic nitrogens is 4. The van der Waals surface area contributed by atoms with E-state index in [1.54, 1.807) is 11.7 Å². The molecule has 5 rings (SSSR count). The van der Waals surface area contributed by atoms with Gasteiger partial charge in [-0.2, -0.15) is 10.1 Å². The molecule has 2 fully saturated rings. The molecule has 4 heterocycles. The summed E-state index contributed by atoms with van der Waals surface area (Å²) in [4.78, 5) is 78.6. The standard InChI is InChI=1S/C36H51N9O6S/c1-10-11-22(26(46)31(48)37-20-12-13-20)39-30(47)25-17-21(18-45(25)33(49)28(35(3,4)5)40-34(50)42-36(6,7)8)51-32-27-23(14-15-52-27)38-29(41-32)24-16-19(2)43-44(24)9/h14-16,20-22,25,28H,10-13,17-18H2,1-9H3,(H,37,48)(H,39,47)(H2,40,42,50)/t21-,22?,25+,28?/m1/s1. The van der Waals surface area contributed by atoms with Crippen molar-refractivity contribution >= 4 is 51.1 Å². The van der Waals surface area contributed by atoms with Crippen LogP contribution in [0.4, 0.5) is 4.79 Å². The lowest BCUT2D eigenvalue weighted by Crippen LogP contribution is -2.61. The molecule has 2 unspecified atom stereocenters.